The maximum Gasteiger partial charge on any atom is 0.165 e. The summed E-state index contributed by atoms with van der Waals surface area (Å²) in [6.45, 7) is 0.892. The second-order valence-electron chi connectivity index (χ2n) is 4.33. The maximum atomic E-state index is 13.6. The molecule has 0 bridgehead atoms. The molecule has 0 aliphatic carbocycles. The van der Waals surface area contributed by atoms with Gasteiger partial charge in [0.25, 0.3) is 0 Å². The Morgan fingerprint density at radius 1 is 1.41 bits per heavy atom. The predicted octanol–water partition coefficient (Wildman–Crippen LogP) is 3.12. The largest absolute Gasteiger partial charge is 0.506 e. The molecule has 0 radical (unpaired) electrons. The second kappa shape index (κ2) is 5.31. The summed E-state index contributed by atoms with van der Waals surface area (Å²) in [6.07, 6.45) is 3.43. The second-order valence-corrected chi connectivity index (χ2v) is 5.19. The summed E-state index contributed by atoms with van der Waals surface area (Å²) in [5, 5.41) is 13.0. The molecule has 0 saturated carbocycles. The Bertz CT molecular complexity index is 393. The maximum absolute atomic E-state index is 13.6. The molecule has 2 nitrogen and oxygen atoms in total. The number of halogens is 3. The van der Waals surface area contributed by atoms with Crippen LogP contribution in [0.3, 0.4) is 0 Å². The molecule has 5 heteroatoms. The van der Waals surface area contributed by atoms with Gasteiger partial charge in [0.15, 0.2) is 11.6 Å². The number of hydrogen-bond donors (Lipinski definition) is 2. The van der Waals surface area contributed by atoms with Gasteiger partial charge < -0.3 is 10.4 Å². The minimum absolute atomic E-state index is 0.0521. The van der Waals surface area contributed by atoms with Crippen molar-refractivity contribution in [3.63, 3.8) is 0 Å². The lowest BCUT2D eigenvalue weighted by molar-refractivity contribution is 0.379. The summed E-state index contributed by atoms with van der Waals surface area (Å²) in [5.74, 6) is -2.07. The zero-order chi connectivity index (χ0) is 12.4. The summed E-state index contributed by atoms with van der Waals surface area (Å²) in [4.78, 5) is 0. The van der Waals surface area contributed by atoms with Gasteiger partial charge >= 0.3 is 0 Å². The Labute approximate surface area is 107 Å². The molecular formula is C12H14BrF2NO. The highest BCUT2D eigenvalue weighted by atomic mass is 79.9. The van der Waals surface area contributed by atoms with Gasteiger partial charge in [-0.2, -0.15) is 0 Å². The first-order valence-electron chi connectivity index (χ1n) is 5.68. The van der Waals surface area contributed by atoms with Crippen molar-refractivity contribution >= 4 is 15.9 Å². The number of hydrogen-bond acceptors (Lipinski definition) is 2. The third kappa shape index (κ3) is 2.77. The van der Waals surface area contributed by atoms with Crippen LogP contribution in [0.15, 0.2) is 10.5 Å². The third-order valence-electron chi connectivity index (χ3n) is 3.10. The molecule has 1 aliphatic rings. The lowest BCUT2D eigenvalue weighted by atomic mass is 9.97. The van der Waals surface area contributed by atoms with Crippen LogP contribution < -0.4 is 5.32 Å². The Balaban J connectivity index is 2.24. The number of benzene rings is 1. The molecule has 0 amide bonds. The average Bonchev–Trinajstić information content (AvgIpc) is 2.33. The highest BCUT2D eigenvalue weighted by Gasteiger charge is 2.21. The summed E-state index contributed by atoms with van der Waals surface area (Å²) in [7, 11) is 0. The summed E-state index contributed by atoms with van der Waals surface area (Å²) < 4.78 is 27.0. The standard InChI is InChI=1S/C12H14BrF2NO/c13-9-6-10(14)11(15)8(12(9)17)5-7-3-1-2-4-16-7/h6-7,16-17H,1-5H2. The predicted molar refractivity (Wildman–Crippen MR) is 65.1 cm³/mol. The Hall–Kier alpha value is -0.680. The lowest BCUT2D eigenvalue weighted by Crippen LogP contribution is -2.35. The van der Waals surface area contributed by atoms with Gasteiger partial charge in [-0.3, -0.25) is 0 Å². The first kappa shape index (κ1) is 12.8. The fraction of sp³-hybridized carbons (Fsp3) is 0.500. The van der Waals surface area contributed by atoms with E-state index in [2.05, 4.69) is 21.2 Å². The minimum Gasteiger partial charge on any atom is -0.506 e. The minimum atomic E-state index is -0.946. The normalized spacial score (nSPS) is 20.5. The molecule has 17 heavy (non-hydrogen) atoms. The summed E-state index contributed by atoms with van der Waals surface area (Å²) >= 11 is 3.02. The van der Waals surface area contributed by atoms with Crippen molar-refractivity contribution in [1.29, 1.82) is 0 Å². The number of phenolic OH excluding ortho intramolecular Hbond substituents is 1. The lowest BCUT2D eigenvalue weighted by Gasteiger charge is -2.24. The highest BCUT2D eigenvalue weighted by Crippen LogP contribution is 2.33. The van der Waals surface area contributed by atoms with E-state index in [9.17, 15) is 13.9 Å². The van der Waals surface area contributed by atoms with E-state index >= 15 is 0 Å². The van der Waals surface area contributed by atoms with Crippen LogP contribution in [0.2, 0.25) is 0 Å². The summed E-state index contributed by atoms with van der Waals surface area (Å²) in [6, 6.07) is 1.06. The zero-order valence-corrected chi connectivity index (χ0v) is 10.9. The van der Waals surface area contributed by atoms with Crippen LogP contribution in [-0.4, -0.2) is 17.7 Å². The van der Waals surface area contributed by atoms with Gasteiger partial charge in [0, 0.05) is 11.6 Å². The van der Waals surface area contributed by atoms with Gasteiger partial charge in [0.05, 0.1) is 4.47 Å². The van der Waals surface area contributed by atoms with Crippen molar-refractivity contribution in [2.24, 2.45) is 0 Å². The van der Waals surface area contributed by atoms with Crippen molar-refractivity contribution in [3.05, 3.63) is 27.7 Å². The molecule has 2 rings (SSSR count). The van der Waals surface area contributed by atoms with Crippen molar-refractivity contribution < 1.29 is 13.9 Å². The Morgan fingerprint density at radius 2 is 2.18 bits per heavy atom. The van der Waals surface area contributed by atoms with Gasteiger partial charge in [-0.25, -0.2) is 8.78 Å². The van der Waals surface area contributed by atoms with Crippen molar-refractivity contribution in [2.75, 3.05) is 6.54 Å². The van der Waals surface area contributed by atoms with Crippen molar-refractivity contribution in [2.45, 2.75) is 31.7 Å². The molecule has 2 N–H and O–H groups in total. The number of nitrogens with one attached hydrogen (secondary N) is 1. The van der Waals surface area contributed by atoms with E-state index in [1.54, 1.807) is 0 Å². The molecule has 0 spiro atoms. The van der Waals surface area contributed by atoms with Gasteiger partial charge in [-0.1, -0.05) is 6.42 Å². The average molecular weight is 306 g/mol. The topological polar surface area (TPSA) is 32.3 Å². The molecule has 1 aromatic carbocycles. The zero-order valence-electron chi connectivity index (χ0n) is 9.27. The van der Waals surface area contributed by atoms with Gasteiger partial charge in [-0.05, 0) is 47.8 Å². The van der Waals surface area contributed by atoms with Crippen LogP contribution in [0.5, 0.6) is 5.75 Å². The van der Waals surface area contributed by atoms with E-state index < -0.39 is 11.6 Å². The van der Waals surface area contributed by atoms with Crippen LogP contribution in [-0.2, 0) is 6.42 Å². The van der Waals surface area contributed by atoms with E-state index in [-0.39, 0.29) is 21.8 Å². The molecule has 1 aromatic rings. The Kier molecular flexibility index (Phi) is 3.99. The van der Waals surface area contributed by atoms with Gasteiger partial charge in [0.1, 0.15) is 5.75 Å². The quantitative estimate of drug-likeness (QED) is 0.823. The van der Waals surface area contributed by atoms with Crippen LogP contribution in [0, 0.1) is 11.6 Å². The molecule has 1 atom stereocenters. The van der Waals surface area contributed by atoms with E-state index in [1.807, 2.05) is 0 Å². The smallest absolute Gasteiger partial charge is 0.165 e. The monoisotopic (exact) mass is 305 g/mol. The van der Waals surface area contributed by atoms with E-state index in [1.165, 1.54) is 0 Å². The molecular weight excluding hydrogens is 292 g/mol. The molecule has 1 heterocycles. The first-order valence-corrected chi connectivity index (χ1v) is 6.47. The van der Waals surface area contributed by atoms with Crippen molar-refractivity contribution in [3.8, 4) is 5.75 Å². The van der Waals surface area contributed by atoms with E-state index in [4.69, 9.17) is 0 Å². The SMILES string of the molecule is Oc1c(Br)cc(F)c(F)c1CC1CCCCN1. The molecule has 1 aliphatic heterocycles. The third-order valence-corrected chi connectivity index (χ3v) is 3.71. The molecule has 1 unspecified atom stereocenters. The number of rotatable bonds is 2. The molecule has 94 valence electrons. The van der Waals surface area contributed by atoms with Gasteiger partial charge in [0.2, 0.25) is 0 Å². The van der Waals surface area contributed by atoms with Crippen LogP contribution in [0.1, 0.15) is 24.8 Å². The highest BCUT2D eigenvalue weighted by molar-refractivity contribution is 9.10. The number of aromatic hydroxyl groups is 1. The number of piperidine rings is 1. The van der Waals surface area contributed by atoms with Gasteiger partial charge in [-0.15, -0.1) is 0 Å². The number of phenols is 1. The summed E-state index contributed by atoms with van der Waals surface area (Å²) in [5.41, 5.74) is 0.0521. The first-order chi connectivity index (χ1) is 8.09. The van der Waals surface area contributed by atoms with E-state index in [0.29, 0.717) is 6.42 Å². The molecule has 0 aromatic heterocycles. The van der Waals surface area contributed by atoms with Crippen LogP contribution in [0.25, 0.3) is 0 Å². The Morgan fingerprint density at radius 3 is 2.82 bits per heavy atom. The van der Waals surface area contributed by atoms with Crippen LogP contribution in [0.4, 0.5) is 8.78 Å². The van der Waals surface area contributed by atoms with Crippen molar-refractivity contribution in [1.82, 2.24) is 5.32 Å². The molecule has 1 saturated heterocycles. The fourth-order valence-corrected chi connectivity index (χ4v) is 2.61. The van der Waals surface area contributed by atoms with Crippen LogP contribution >= 0.6 is 15.9 Å². The fourth-order valence-electron chi connectivity index (χ4n) is 2.17. The molecule has 1 fully saturated rings. The van der Waals surface area contributed by atoms with E-state index in [0.717, 1.165) is 31.9 Å².